The van der Waals surface area contributed by atoms with Gasteiger partial charge in [-0.05, 0) is 38.1 Å². The van der Waals surface area contributed by atoms with Gasteiger partial charge < -0.3 is 10.6 Å². The Morgan fingerprint density at radius 1 is 1.08 bits per heavy atom. The molecule has 0 aliphatic rings. The third-order valence-electron chi connectivity index (χ3n) is 3.07. The molecule has 7 nitrogen and oxygen atoms in total. The van der Waals surface area contributed by atoms with Crippen molar-refractivity contribution >= 4 is 46.7 Å². The number of imide groups is 1. The third kappa shape index (κ3) is 8.20. The van der Waals surface area contributed by atoms with Gasteiger partial charge in [0.15, 0.2) is 0 Å². The van der Waals surface area contributed by atoms with E-state index in [1.54, 1.807) is 24.0 Å². The van der Waals surface area contributed by atoms with Gasteiger partial charge in [-0.25, -0.2) is 4.79 Å². The predicted octanol–water partition coefficient (Wildman–Crippen LogP) is 2.49. The van der Waals surface area contributed by atoms with E-state index >= 15 is 0 Å². The first-order valence-corrected chi connectivity index (χ1v) is 8.66. The molecule has 1 rings (SSSR count). The zero-order chi connectivity index (χ0) is 18.8. The minimum absolute atomic E-state index is 0.00435. The van der Waals surface area contributed by atoms with Crippen molar-refractivity contribution in [3.63, 3.8) is 0 Å². The molecule has 0 bridgehead atoms. The van der Waals surface area contributed by atoms with Crippen molar-refractivity contribution in [1.82, 2.24) is 15.5 Å². The molecule has 0 aliphatic carbocycles. The van der Waals surface area contributed by atoms with Crippen LogP contribution < -0.4 is 16.0 Å². The highest BCUT2D eigenvalue weighted by molar-refractivity contribution is 6.36. The van der Waals surface area contributed by atoms with Gasteiger partial charge in [0.2, 0.25) is 11.8 Å². The van der Waals surface area contributed by atoms with Crippen LogP contribution in [0.2, 0.25) is 10.0 Å². The van der Waals surface area contributed by atoms with Crippen LogP contribution in [0.5, 0.6) is 0 Å². The summed E-state index contributed by atoms with van der Waals surface area (Å²) in [4.78, 5) is 37.1. The number of carbonyl (C=O) groups excluding carboxylic acids is 3. The van der Waals surface area contributed by atoms with Crippen molar-refractivity contribution < 1.29 is 14.4 Å². The maximum Gasteiger partial charge on any atom is 0.321 e. The van der Waals surface area contributed by atoms with Gasteiger partial charge in [-0.1, -0.05) is 30.1 Å². The Bertz CT molecular complexity index is 625. The fraction of sp³-hybridized carbons (Fsp3) is 0.438. The quantitative estimate of drug-likeness (QED) is 0.637. The summed E-state index contributed by atoms with van der Waals surface area (Å²) in [7, 11) is 0. The molecule has 1 aromatic carbocycles. The van der Waals surface area contributed by atoms with Crippen LogP contribution in [0.4, 0.5) is 10.5 Å². The van der Waals surface area contributed by atoms with E-state index in [0.29, 0.717) is 28.8 Å². The standard InChI is InChI=1S/C16H22Cl2N4O3/c1-3-7-22(10-15(24)21-16(25)19-4-2)9-14(23)20-13-6-5-11(17)8-12(13)18/h5-6,8H,3-4,7,9-10H2,1-2H3,(H,20,23)(H2,19,21,24,25). The number of nitrogens with one attached hydrogen (secondary N) is 3. The summed E-state index contributed by atoms with van der Waals surface area (Å²) in [6.45, 7) is 4.57. The molecule has 0 heterocycles. The van der Waals surface area contributed by atoms with Crippen molar-refractivity contribution in [2.45, 2.75) is 20.3 Å². The summed E-state index contributed by atoms with van der Waals surface area (Å²) in [5, 5.41) is 8.16. The molecule has 0 atom stereocenters. The molecule has 4 amide bonds. The lowest BCUT2D eigenvalue weighted by Crippen LogP contribution is -2.46. The average molecular weight is 389 g/mol. The van der Waals surface area contributed by atoms with E-state index in [0.717, 1.165) is 6.42 Å². The van der Waals surface area contributed by atoms with E-state index in [1.807, 2.05) is 6.92 Å². The number of nitrogens with zero attached hydrogens (tertiary/aromatic N) is 1. The summed E-state index contributed by atoms with van der Waals surface area (Å²) in [6.07, 6.45) is 0.753. The van der Waals surface area contributed by atoms with E-state index in [4.69, 9.17) is 23.2 Å². The van der Waals surface area contributed by atoms with Crippen molar-refractivity contribution in [2.75, 3.05) is 31.5 Å². The number of hydrogen-bond acceptors (Lipinski definition) is 4. The Morgan fingerprint density at radius 2 is 1.76 bits per heavy atom. The first kappa shape index (κ1) is 21.2. The first-order chi connectivity index (χ1) is 11.8. The van der Waals surface area contributed by atoms with Gasteiger partial charge in [-0.15, -0.1) is 0 Å². The number of carbonyl (C=O) groups is 3. The second kappa shape index (κ2) is 10.9. The molecular formula is C16H22Cl2N4O3. The largest absolute Gasteiger partial charge is 0.338 e. The number of benzene rings is 1. The maximum absolute atomic E-state index is 12.2. The van der Waals surface area contributed by atoms with Crippen LogP contribution >= 0.6 is 23.2 Å². The second-order valence-corrected chi connectivity index (χ2v) is 6.13. The second-order valence-electron chi connectivity index (χ2n) is 5.29. The topological polar surface area (TPSA) is 90.5 Å². The fourth-order valence-corrected chi connectivity index (χ4v) is 2.54. The molecule has 0 aliphatic heterocycles. The van der Waals surface area contributed by atoms with Crippen molar-refractivity contribution in [2.24, 2.45) is 0 Å². The lowest BCUT2D eigenvalue weighted by atomic mass is 10.3. The Morgan fingerprint density at radius 3 is 2.36 bits per heavy atom. The molecule has 0 saturated heterocycles. The lowest BCUT2D eigenvalue weighted by molar-refractivity contribution is -0.122. The van der Waals surface area contributed by atoms with Gasteiger partial charge in [0.1, 0.15) is 0 Å². The van der Waals surface area contributed by atoms with Crippen molar-refractivity contribution in [1.29, 1.82) is 0 Å². The number of amides is 4. The van der Waals surface area contributed by atoms with Gasteiger partial charge in [0.05, 0.1) is 23.8 Å². The zero-order valence-electron chi connectivity index (χ0n) is 14.2. The van der Waals surface area contributed by atoms with Crippen LogP contribution in [-0.4, -0.2) is 48.9 Å². The maximum atomic E-state index is 12.2. The molecular weight excluding hydrogens is 367 g/mol. The number of hydrogen-bond donors (Lipinski definition) is 3. The molecule has 0 saturated carbocycles. The van der Waals surface area contributed by atoms with Crippen LogP contribution in [-0.2, 0) is 9.59 Å². The van der Waals surface area contributed by atoms with Crippen LogP contribution in [0.15, 0.2) is 18.2 Å². The molecule has 3 N–H and O–H groups in total. The van der Waals surface area contributed by atoms with E-state index in [1.165, 1.54) is 6.07 Å². The molecule has 0 radical (unpaired) electrons. The minimum Gasteiger partial charge on any atom is -0.338 e. The van der Waals surface area contributed by atoms with Gasteiger partial charge >= 0.3 is 6.03 Å². The predicted molar refractivity (Wildman–Crippen MR) is 99.0 cm³/mol. The Balaban J connectivity index is 2.59. The summed E-state index contributed by atoms with van der Waals surface area (Å²) >= 11 is 11.8. The SMILES string of the molecule is CCCN(CC(=O)NC(=O)NCC)CC(=O)Nc1ccc(Cl)cc1Cl. The lowest BCUT2D eigenvalue weighted by Gasteiger charge is -2.20. The van der Waals surface area contributed by atoms with Gasteiger partial charge in [0, 0.05) is 11.6 Å². The highest BCUT2D eigenvalue weighted by Crippen LogP contribution is 2.25. The van der Waals surface area contributed by atoms with Crippen LogP contribution in [0, 0.1) is 0 Å². The van der Waals surface area contributed by atoms with Gasteiger partial charge in [0.25, 0.3) is 0 Å². The molecule has 1 aromatic rings. The third-order valence-corrected chi connectivity index (χ3v) is 3.62. The first-order valence-electron chi connectivity index (χ1n) is 7.90. The van der Waals surface area contributed by atoms with E-state index in [2.05, 4.69) is 16.0 Å². The normalized spacial score (nSPS) is 10.4. The Labute approximate surface area is 157 Å². The number of urea groups is 1. The van der Waals surface area contributed by atoms with Crippen LogP contribution in [0.25, 0.3) is 0 Å². The van der Waals surface area contributed by atoms with Gasteiger partial charge in [-0.3, -0.25) is 19.8 Å². The summed E-state index contributed by atoms with van der Waals surface area (Å²) < 4.78 is 0. The van der Waals surface area contributed by atoms with Crippen LogP contribution in [0.1, 0.15) is 20.3 Å². The molecule has 0 fully saturated rings. The van der Waals surface area contributed by atoms with E-state index in [9.17, 15) is 14.4 Å². The highest BCUT2D eigenvalue weighted by Gasteiger charge is 2.16. The molecule has 9 heteroatoms. The van der Waals surface area contributed by atoms with E-state index < -0.39 is 11.9 Å². The van der Waals surface area contributed by atoms with Crippen molar-refractivity contribution in [3.05, 3.63) is 28.2 Å². The summed E-state index contributed by atoms with van der Waals surface area (Å²) in [5.74, 6) is -0.791. The number of halogens is 2. The van der Waals surface area contributed by atoms with Crippen LogP contribution in [0.3, 0.4) is 0 Å². The Hall–Kier alpha value is -1.83. The van der Waals surface area contributed by atoms with E-state index in [-0.39, 0.29) is 19.0 Å². The molecule has 0 aromatic heterocycles. The summed E-state index contributed by atoms with van der Waals surface area (Å²) in [6, 6.07) is 4.20. The molecule has 138 valence electrons. The molecule has 0 unspecified atom stereocenters. The minimum atomic E-state index is -0.554. The zero-order valence-corrected chi connectivity index (χ0v) is 15.7. The smallest absolute Gasteiger partial charge is 0.321 e. The molecule has 0 spiro atoms. The number of rotatable bonds is 8. The fourth-order valence-electron chi connectivity index (χ4n) is 2.09. The van der Waals surface area contributed by atoms with Gasteiger partial charge in [-0.2, -0.15) is 0 Å². The highest BCUT2D eigenvalue weighted by atomic mass is 35.5. The number of anilines is 1. The Kier molecular flexibility index (Phi) is 9.26. The monoisotopic (exact) mass is 388 g/mol. The summed E-state index contributed by atoms with van der Waals surface area (Å²) in [5.41, 5.74) is 0.444. The molecule has 25 heavy (non-hydrogen) atoms. The van der Waals surface area contributed by atoms with Crippen molar-refractivity contribution in [3.8, 4) is 0 Å². The average Bonchev–Trinajstić information content (AvgIpc) is 2.50.